The maximum absolute atomic E-state index is 14.8. The number of carbonyl (C=O) groups is 3. The van der Waals surface area contributed by atoms with Crippen LogP contribution in [0.2, 0.25) is 0 Å². The lowest BCUT2D eigenvalue weighted by Crippen LogP contribution is -2.33. The van der Waals surface area contributed by atoms with Gasteiger partial charge in [-0.25, -0.2) is 13.6 Å². The molecule has 3 fully saturated rings. The number of anilines is 2. The summed E-state index contributed by atoms with van der Waals surface area (Å²) < 4.78 is 34.7. The summed E-state index contributed by atoms with van der Waals surface area (Å²) in [7, 11) is 1.58. The van der Waals surface area contributed by atoms with Crippen LogP contribution in [-0.4, -0.2) is 57.2 Å². The van der Waals surface area contributed by atoms with Crippen LogP contribution in [0, 0.1) is 29.4 Å². The zero-order valence-electron chi connectivity index (χ0n) is 16.1. The van der Waals surface area contributed by atoms with Gasteiger partial charge < -0.3 is 20.3 Å². The van der Waals surface area contributed by atoms with Crippen LogP contribution in [0.1, 0.15) is 6.92 Å². The number of cyclic esters (lactones) is 1. The molecule has 4 rings (SSSR count). The van der Waals surface area contributed by atoms with Crippen molar-refractivity contribution in [3.8, 4) is 0 Å². The van der Waals surface area contributed by atoms with Gasteiger partial charge in [0.1, 0.15) is 11.8 Å². The highest BCUT2D eigenvalue weighted by Crippen LogP contribution is 2.53. The van der Waals surface area contributed by atoms with Gasteiger partial charge in [0.05, 0.1) is 18.8 Å². The number of ether oxygens (including phenoxy) is 1. The van der Waals surface area contributed by atoms with Gasteiger partial charge in [-0.1, -0.05) is 0 Å². The van der Waals surface area contributed by atoms with Gasteiger partial charge in [-0.3, -0.25) is 14.5 Å². The zero-order valence-corrected chi connectivity index (χ0v) is 16.1. The van der Waals surface area contributed by atoms with E-state index in [1.165, 1.54) is 6.92 Å². The Balaban J connectivity index is 1.46. The lowest BCUT2D eigenvalue weighted by atomic mass is 10.2. The van der Waals surface area contributed by atoms with E-state index in [0.29, 0.717) is 13.1 Å². The van der Waals surface area contributed by atoms with Crippen LogP contribution < -0.4 is 20.4 Å². The summed E-state index contributed by atoms with van der Waals surface area (Å²) in [5.74, 6) is -1.69. The van der Waals surface area contributed by atoms with Crippen LogP contribution in [0.4, 0.5) is 25.0 Å². The molecule has 4 atom stereocenters. The molecular formula is C19H22F2N4O4. The molecule has 0 spiro atoms. The quantitative estimate of drug-likeness (QED) is 0.754. The molecule has 1 aromatic carbocycles. The van der Waals surface area contributed by atoms with Crippen LogP contribution >= 0.6 is 0 Å². The van der Waals surface area contributed by atoms with E-state index in [4.69, 9.17) is 4.74 Å². The van der Waals surface area contributed by atoms with Gasteiger partial charge in [-0.2, -0.15) is 0 Å². The predicted octanol–water partition coefficient (Wildman–Crippen LogP) is 0.854. The van der Waals surface area contributed by atoms with Crippen molar-refractivity contribution in [2.75, 3.05) is 43.0 Å². The van der Waals surface area contributed by atoms with E-state index >= 15 is 0 Å². The van der Waals surface area contributed by atoms with Crippen molar-refractivity contribution < 1.29 is 27.9 Å². The van der Waals surface area contributed by atoms with Crippen LogP contribution in [0.5, 0.6) is 0 Å². The number of rotatable bonds is 5. The van der Waals surface area contributed by atoms with Gasteiger partial charge in [-0.05, 0) is 11.8 Å². The van der Waals surface area contributed by atoms with E-state index in [1.54, 1.807) is 11.9 Å². The van der Waals surface area contributed by atoms with E-state index in [-0.39, 0.29) is 54.0 Å². The molecule has 2 saturated heterocycles. The number of benzene rings is 1. The zero-order chi connectivity index (χ0) is 20.9. The van der Waals surface area contributed by atoms with Crippen molar-refractivity contribution in [2.24, 2.45) is 17.8 Å². The summed E-state index contributed by atoms with van der Waals surface area (Å²) >= 11 is 0. The number of carbonyl (C=O) groups excluding carboxylic acids is 3. The Bertz CT molecular complexity index is 845. The van der Waals surface area contributed by atoms with E-state index in [2.05, 4.69) is 10.6 Å². The number of hydrogen-bond acceptors (Lipinski definition) is 5. The maximum atomic E-state index is 14.8. The summed E-state index contributed by atoms with van der Waals surface area (Å²) in [6.07, 6.45) is -1.31. The Kier molecular flexibility index (Phi) is 4.79. The summed E-state index contributed by atoms with van der Waals surface area (Å²) in [6, 6.07) is 2.22. The van der Waals surface area contributed by atoms with Crippen molar-refractivity contribution in [1.29, 1.82) is 0 Å². The van der Waals surface area contributed by atoms with Crippen molar-refractivity contribution in [1.82, 2.24) is 10.6 Å². The topological polar surface area (TPSA) is 91.0 Å². The number of nitrogens with zero attached hydrogens (tertiary/aromatic N) is 2. The van der Waals surface area contributed by atoms with E-state index in [9.17, 15) is 23.2 Å². The summed E-state index contributed by atoms with van der Waals surface area (Å²) in [6.45, 7) is 2.39. The largest absolute Gasteiger partial charge is 0.442 e. The van der Waals surface area contributed by atoms with E-state index in [0.717, 1.165) is 17.0 Å². The molecule has 3 aliphatic rings. The molecule has 3 amide bonds. The lowest BCUT2D eigenvalue weighted by Gasteiger charge is -2.24. The molecule has 1 aliphatic carbocycles. The Morgan fingerprint density at radius 3 is 2.34 bits per heavy atom. The number of nitrogens with one attached hydrogen (secondary N) is 2. The number of amides is 3. The second-order valence-corrected chi connectivity index (χ2v) is 7.68. The van der Waals surface area contributed by atoms with E-state index in [1.807, 2.05) is 0 Å². The van der Waals surface area contributed by atoms with Crippen LogP contribution in [0.25, 0.3) is 0 Å². The molecule has 0 aromatic heterocycles. The van der Waals surface area contributed by atoms with Crippen molar-refractivity contribution >= 4 is 29.3 Å². The smallest absolute Gasteiger partial charge is 0.414 e. The van der Waals surface area contributed by atoms with Crippen LogP contribution in [-0.2, 0) is 14.3 Å². The molecule has 0 bridgehead atoms. The molecule has 156 valence electrons. The Hall–Kier alpha value is -2.91. The molecule has 0 radical (unpaired) electrons. The highest BCUT2D eigenvalue weighted by atomic mass is 19.1. The van der Waals surface area contributed by atoms with Gasteiger partial charge >= 0.3 is 6.09 Å². The Labute approximate surface area is 166 Å². The first-order valence-corrected chi connectivity index (χ1v) is 9.48. The number of fused-ring (bicyclic) bond motifs is 1. The van der Waals surface area contributed by atoms with Gasteiger partial charge in [0, 0.05) is 45.1 Å². The number of halogens is 2. The van der Waals surface area contributed by atoms with E-state index < -0.39 is 23.8 Å². The Morgan fingerprint density at radius 2 is 1.79 bits per heavy atom. The molecular weight excluding hydrogens is 386 g/mol. The lowest BCUT2D eigenvalue weighted by molar-refractivity contribution is -0.122. The SMILES string of the molecule is CNC(=O)C1[C@H]2CN(c3c(F)cc(N4C[C@H](CNC(C)=O)OC4=O)cc3F)C[C@@H]12. The predicted molar refractivity (Wildman–Crippen MR) is 99.4 cm³/mol. The number of hydrogen-bond donors (Lipinski definition) is 2. The number of piperidine rings is 1. The average molecular weight is 408 g/mol. The van der Waals surface area contributed by atoms with Crippen molar-refractivity contribution in [3.05, 3.63) is 23.8 Å². The molecule has 2 N–H and O–H groups in total. The van der Waals surface area contributed by atoms with Gasteiger partial charge in [0.2, 0.25) is 11.8 Å². The minimum absolute atomic E-state index is 0.0303. The minimum Gasteiger partial charge on any atom is -0.442 e. The third-order valence-electron chi connectivity index (χ3n) is 5.83. The van der Waals surface area contributed by atoms with Crippen LogP contribution in [0.3, 0.4) is 0 Å². The molecule has 1 unspecified atom stereocenters. The fourth-order valence-corrected chi connectivity index (χ4v) is 4.37. The first-order chi connectivity index (χ1) is 13.8. The van der Waals surface area contributed by atoms with Gasteiger partial charge in [0.15, 0.2) is 11.6 Å². The minimum atomic E-state index is -0.768. The average Bonchev–Trinajstić information content (AvgIpc) is 2.99. The third-order valence-corrected chi connectivity index (χ3v) is 5.83. The molecule has 10 heteroatoms. The fourth-order valence-electron chi connectivity index (χ4n) is 4.37. The highest BCUT2D eigenvalue weighted by Gasteiger charge is 2.59. The van der Waals surface area contributed by atoms with Crippen LogP contribution in [0.15, 0.2) is 12.1 Å². The molecule has 1 aromatic rings. The maximum Gasteiger partial charge on any atom is 0.414 e. The Morgan fingerprint density at radius 1 is 1.17 bits per heavy atom. The molecule has 1 saturated carbocycles. The summed E-state index contributed by atoms with van der Waals surface area (Å²) in [5.41, 5.74) is -0.0781. The third kappa shape index (κ3) is 3.47. The van der Waals surface area contributed by atoms with Crippen molar-refractivity contribution in [2.45, 2.75) is 13.0 Å². The second-order valence-electron chi connectivity index (χ2n) is 7.68. The summed E-state index contributed by atoms with van der Waals surface area (Å²) in [4.78, 5) is 37.6. The molecule has 8 nitrogen and oxygen atoms in total. The normalized spacial score (nSPS) is 27.5. The fraction of sp³-hybridized carbons (Fsp3) is 0.526. The monoisotopic (exact) mass is 408 g/mol. The highest BCUT2D eigenvalue weighted by molar-refractivity contribution is 5.90. The molecule has 29 heavy (non-hydrogen) atoms. The second kappa shape index (κ2) is 7.16. The standard InChI is InChI=1S/C19H22F2N4O4/c1-9(26)23-5-11-6-25(19(28)29-11)10-3-14(20)17(15(21)4-10)24-7-12-13(8-24)16(12)18(27)22-2/h3-4,11-13,16H,5-8H2,1-2H3,(H,22,27)(H,23,26)/t11-,12-,13+,16?/m0/s1. The van der Waals surface area contributed by atoms with Crippen molar-refractivity contribution in [3.63, 3.8) is 0 Å². The van der Waals surface area contributed by atoms with Gasteiger partial charge in [-0.15, -0.1) is 0 Å². The summed E-state index contributed by atoms with van der Waals surface area (Å²) in [5, 5.41) is 5.16. The first kappa shape index (κ1) is 19.4. The molecule has 2 aliphatic heterocycles. The molecule has 2 heterocycles. The first-order valence-electron chi connectivity index (χ1n) is 9.48. The van der Waals surface area contributed by atoms with Gasteiger partial charge in [0.25, 0.3) is 0 Å².